The van der Waals surface area contributed by atoms with Crippen molar-refractivity contribution < 1.29 is 19.1 Å². The van der Waals surface area contributed by atoms with E-state index in [1.54, 1.807) is 31.3 Å². The third-order valence-electron chi connectivity index (χ3n) is 3.96. The number of methoxy groups -OCH3 is 1. The lowest BCUT2D eigenvalue weighted by Crippen LogP contribution is -2.35. The first-order valence-electron chi connectivity index (χ1n) is 8.59. The van der Waals surface area contributed by atoms with Gasteiger partial charge in [-0.3, -0.25) is 9.59 Å². The lowest BCUT2D eigenvalue weighted by atomic mass is 10.1. The molecule has 0 aromatic heterocycles. The highest BCUT2D eigenvalue weighted by Gasteiger charge is 2.17. The van der Waals surface area contributed by atoms with Crippen LogP contribution in [0.1, 0.15) is 15.9 Å². The number of carbonyl (C=O) groups excluding carboxylic acids is 2. The number of anilines is 1. The molecule has 148 valence electrons. The van der Waals surface area contributed by atoms with Crippen molar-refractivity contribution in [3.63, 3.8) is 0 Å². The minimum atomic E-state index is -0.295. The second-order valence-corrected chi connectivity index (χ2v) is 7.05. The predicted octanol–water partition coefficient (Wildman–Crippen LogP) is 4.04. The molecule has 2 rings (SSSR count). The number of benzene rings is 2. The number of halogens is 1. The number of nitrogens with zero attached hydrogens (tertiary/aromatic N) is 1. The highest BCUT2D eigenvalue weighted by molar-refractivity contribution is 9.10. The average Bonchev–Trinajstić information content (AvgIpc) is 2.67. The van der Waals surface area contributed by atoms with E-state index in [0.717, 1.165) is 10.0 Å². The SMILES string of the molecule is C=CCOc1ccc(C(=O)N(C)CC(=O)Nc2ccc(Br)cc2C)cc1OC. The Morgan fingerprint density at radius 2 is 1.96 bits per heavy atom. The Morgan fingerprint density at radius 3 is 2.61 bits per heavy atom. The maximum Gasteiger partial charge on any atom is 0.254 e. The minimum absolute atomic E-state index is 0.0780. The Bertz CT molecular complexity index is 883. The molecule has 0 saturated heterocycles. The summed E-state index contributed by atoms with van der Waals surface area (Å²) in [6, 6.07) is 10.5. The zero-order valence-corrected chi connectivity index (χ0v) is 17.7. The number of carbonyl (C=O) groups is 2. The van der Waals surface area contributed by atoms with Gasteiger partial charge in [0.05, 0.1) is 13.7 Å². The Kier molecular flexibility index (Phi) is 7.63. The lowest BCUT2D eigenvalue weighted by Gasteiger charge is -2.18. The van der Waals surface area contributed by atoms with Crippen LogP contribution in [0.2, 0.25) is 0 Å². The van der Waals surface area contributed by atoms with Gasteiger partial charge < -0.3 is 19.7 Å². The van der Waals surface area contributed by atoms with E-state index < -0.39 is 0 Å². The van der Waals surface area contributed by atoms with Crippen molar-refractivity contribution in [2.75, 3.05) is 32.6 Å². The number of hydrogen-bond acceptors (Lipinski definition) is 4. The molecule has 0 radical (unpaired) electrons. The Morgan fingerprint density at radius 1 is 1.21 bits per heavy atom. The molecule has 0 aliphatic carbocycles. The van der Waals surface area contributed by atoms with Crippen LogP contribution in [0.3, 0.4) is 0 Å². The molecule has 0 atom stereocenters. The van der Waals surface area contributed by atoms with Gasteiger partial charge in [-0.2, -0.15) is 0 Å². The maximum absolute atomic E-state index is 12.7. The molecule has 0 spiro atoms. The molecule has 2 aromatic carbocycles. The lowest BCUT2D eigenvalue weighted by molar-refractivity contribution is -0.116. The largest absolute Gasteiger partial charge is 0.493 e. The fourth-order valence-corrected chi connectivity index (χ4v) is 3.01. The molecule has 0 aliphatic rings. The van der Waals surface area contributed by atoms with Crippen molar-refractivity contribution in [2.45, 2.75) is 6.92 Å². The van der Waals surface area contributed by atoms with Crippen molar-refractivity contribution in [2.24, 2.45) is 0 Å². The van der Waals surface area contributed by atoms with E-state index in [-0.39, 0.29) is 18.4 Å². The molecular formula is C21H23BrN2O4. The summed E-state index contributed by atoms with van der Waals surface area (Å²) in [6.45, 7) is 5.76. The van der Waals surface area contributed by atoms with E-state index in [9.17, 15) is 9.59 Å². The molecule has 1 N–H and O–H groups in total. The molecule has 28 heavy (non-hydrogen) atoms. The van der Waals surface area contributed by atoms with Gasteiger partial charge in [-0.25, -0.2) is 0 Å². The molecule has 0 fully saturated rings. The number of amides is 2. The summed E-state index contributed by atoms with van der Waals surface area (Å²) in [6.07, 6.45) is 1.62. The Hall–Kier alpha value is -2.80. The van der Waals surface area contributed by atoms with Crippen molar-refractivity contribution in [1.82, 2.24) is 4.90 Å². The minimum Gasteiger partial charge on any atom is -0.493 e. The van der Waals surface area contributed by atoms with Crippen LogP contribution in [0.25, 0.3) is 0 Å². The van der Waals surface area contributed by atoms with Crippen LogP contribution < -0.4 is 14.8 Å². The zero-order valence-electron chi connectivity index (χ0n) is 16.1. The van der Waals surface area contributed by atoms with E-state index in [2.05, 4.69) is 27.8 Å². The van der Waals surface area contributed by atoms with Gasteiger partial charge >= 0.3 is 0 Å². The summed E-state index contributed by atoms with van der Waals surface area (Å²) < 4.78 is 11.7. The smallest absolute Gasteiger partial charge is 0.254 e. The first-order chi connectivity index (χ1) is 13.3. The van der Waals surface area contributed by atoms with E-state index in [1.165, 1.54) is 12.0 Å². The van der Waals surface area contributed by atoms with Crippen molar-refractivity contribution in [3.8, 4) is 11.5 Å². The summed E-state index contributed by atoms with van der Waals surface area (Å²) in [5.41, 5.74) is 2.04. The zero-order chi connectivity index (χ0) is 20.7. The maximum atomic E-state index is 12.7. The number of rotatable bonds is 8. The van der Waals surface area contributed by atoms with Crippen LogP contribution in [0.4, 0.5) is 5.69 Å². The van der Waals surface area contributed by atoms with Crippen LogP contribution >= 0.6 is 15.9 Å². The van der Waals surface area contributed by atoms with Gasteiger partial charge in [0.1, 0.15) is 6.61 Å². The number of hydrogen-bond donors (Lipinski definition) is 1. The highest BCUT2D eigenvalue weighted by Crippen LogP contribution is 2.28. The van der Waals surface area contributed by atoms with Crippen LogP contribution in [0.5, 0.6) is 11.5 Å². The summed E-state index contributed by atoms with van der Waals surface area (Å²) >= 11 is 3.39. The summed E-state index contributed by atoms with van der Waals surface area (Å²) in [7, 11) is 3.08. The summed E-state index contributed by atoms with van der Waals surface area (Å²) in [4.78, 5) is 26.3. The molecule has 0 heterocycles. The molecule has 2 amide bonds. The highest BCUT2D eigenvalue weighted by atomic mass is 79.9. The first kappa shape index (κ1) is 21.5. The van der Waals surface area contributed by atoms with Gasteiger partial charge in [0, 0.05) is 22.8 Å². The second-order valence-electron chi connectivity index (χ2n) is 6.13. The van der Waals surface area contributed by atoms with Gasteiger partial charge in [-0.05, 0) is 48.9 Å². The van der Waals surface area contributed by atoms with Crippen LogP contribution in [0.15, 0.2) is 53.5 Å². The van der Waals surface area contributed by atoms with Crippen molar-refractivity contribution >= 4 is 33.4 Å². The van der Waals surface area contributed by atoms with Gasteiger partial charge in [-0.1, -0.05) is 28.6 Å². The Labute approximate surface area is 173 Å². The topological polar surface area (TPSA) is 67.9 Å². The van der Waals surface area contributed by atoms with Gasteiger partial charge in [0.25, 0.3) is 5.91 Å². The summed E-state index contributed by atoms with van der Waals surface area (Å²) in [5.74, 6) is 0.386. The van der Waals surface area contributed by atoms with Crippen molar-refractivity contribution in [1.29, 1.82) is 0 Å². The number of nitrogens with one attached hydrogen (secondary N) is 1. The van der Waals surface area contributed by atoms with Crippen molar-refractivity contribution in [3.05, 3.63) is 64.7 Å². The molecule has 0 saturated carbocycles. The second kappa shape index (κ2) is 9.94. The van der Waals surface area contributed by atoms with Gasteiger partial charge in [0.15, 0.2) is 11.5 Å². The average molecular weight is 447 g/mol. The molecular weight excluding hydrogens is 424 g/mol. The molecule has 2 aromatic rings. The van der Waals surface area contributed by atoms with E-state index in [1.807, 2.05) is 25.1 Å². The third kappa shape index (κ3) is 5.60. The quantitative estimate of drug-likeness (QED) is 0.621. The van der Waals surface area contributed by atoms with E-state index in [0.29, 0.717) is 29.4 Å². The van der Waals surface area contributed by atoms with Crippen LogP contribution in [-0.2, 0) is 4.79 Å². The monoisotopic (exact) mass is 446 g/mol. The summed E-state index contributed by atoms with van der Waals surface area (Å²) in [5, 5.41) is 2.82. The first-order valence-corrected chi connectivity index (χ1v) is 9.38. The van der Waals surface area contributed by atoms with Crippen LogP contribution in [-0.4, -0.2) is 44.0 Å². The third-order valence-corrected chi connectivity index (χ3v) is 4.45. The standard InChI is InChI=1S/C21H23BrN2O4/c1-5-10-28-18-9-6-15(12-19(18)27-4)21(26)24(3)13-20(25)23-17-8-7-16(22)11-14(17)2/h5-9,11-12H,1,10,13H2,2-4H3,(H,23,25). The number of aryl methyl sites for hydroxylation is 1. The Balaban J connectivity index is 2.05. The van der Waals surface area contributed by atoms with Gasteiger partial charge in [-0.15, -0.1) is 0 Å². The normalized spacial score (nSPS) is 10.1. The van der Waals surface area contributed by atoms with E-state index in [4.69, 9.17) is 9.47 Å². The van der Waals surface area contributed by atoms with Crippen LogP contribution in [0, 0.1) is 6.92 Å². The molecule has 6 nitrogen and oxygen atoms in total. The molecule has 0 unspecified atom stereocenters. The number of likely N-dealkylation sites (N-methyl/N-ethyl adjacent to an activating group) is 1. The van der Waals surface area contributed by atoms with Gasteiger partial charge in [0.2, 0.25) is 5.91 Å². The molecule has 7 heteroatoms. The molecule has 0 bridgehead atoms. The fraction of sp³-hybridized carbons (Fsp3) is 0.238. The number of ether oxygens (including phenoxy) is 2. The fourth-order valence-electron chi connectivity index (χ4n) is 2.53. The predicted molar refractivity (Wildman–Crippen MR) is 113 cm³/mol. The van der Waals surface area contributed by atoms with E-state index >= 15 is 0 Å². The molecule has 0 aliphatic heterocycles.